The van der Waals surface area contributed by atoms with Crippen LogP contribution in [0.5, 0.6) is 5.75 Å². The Bertz CT molecular complexity index is 597. The summed E-state index contributed by atoms with van der Waals surface area (Å²) < 4.78 is 31.0. The Balaban J connectivity index is 1.54. The quantitative estimate of drug-likeness (QED) is 0.874. The van der Waals surface area contributed by atoms with Crippen LogP contribution in [0, 0.1) is 11.2 Å². The number of carbonyl (C=O) groups is 1. The molecule has 0 radical (unpaired) electrons. The summed E-state index contributed by atoms with van der Waals surface area (Å²) >= 11 is 0. The first-order chi connectivity index (χ1) is 9.96. The van der Waals surface area contributed by atoms with Gasteiger partial charge in [0.05, 0.1) is 12.2 Å². The highest BCUT2D eigenvalue weighted by Crippen LogP contribution is 2.49. The summed E-state index contributed by atoms with van der Waals surface area (Å²) in [4.78, 5) is 10.8. The molecule has 3 rings (SSSR count). The second kappa shape index (κ2) is 5.40. The number of hydrogen-bond acceptors (Lipinski definition) is 3. The summed E-state index contributed by atoms with van der Waals surface area (Å²) in [6.07, 6.45) is 2.12. The van der Waals surface area contributed by atoms with Gasteiger partial charge in [0.1, 0.15) is 17.7 Å². The van der Waals surface area contributed by atoms with Gasteiger partial charge in [-0.25, -0.2) is 4.39 Å². The zero-order valence-corrected chi connectivity index (χ0v) is 12.3. The molecule has 1 N–H and O–H groups in total. The number of aliphatic carboxylic acids is 1. The molecular weight excluding hydrogens is 295 g/mol. The average molecular weight is 312 g/mol. The predicted molar refractivity (Wildman–Crippen MR) is 76.3 cm³/mol. The zero-order chi connectivity index (χ0) is 15.0. The first kappa shape index (κ1) is 14.5. The molecule has 1 aliphatic heterocycles. The van der Waals surface area contributed by atoms with Gasteiger partial charge in [-0.15, -0.1) is 0 Å². The van der Waals surface area contributed by atoms with Crippen molar-refractivity contribution in [3.8, 4) is 5.75 Å². The van der Waals surface area contributed by atoms with Gasteiger partial charge in [-0.2, -0.15) is 0 Å². The molecule has 2 unspecified atom stereocenters. The molecule has 1 aromatic carbocycles. The van der Waals surface area contributed by atoms with E-state index in [1.807, 2.05) is 0 Å². The number of carboxylic acid groups (broad SMARTS) is 1. The molecule has 21 heavy (non-hydrogen) atoms. The van der Waals surface area contributed by atoms with Crippen molar-refractivity contribution in [3.05, 3.63) is 29.6 Å². The van der Waals surface area contributed by atoms with E-state index < -0.39 is 16.8 Å². The summed E-state index contributed by atoms with van der Waals surface area (Å²) in [5, 5.41) is 8.87. The van der Waals surface area contributed by atoms with E-state index in [4.69, 9.17) is 9.84 Å². The van der Waals surface area contributed by atoms with Crippen molar-refractivity contribution in [3.63, 3.8) is 0 Å². The molecule has 0 spiro atoms. The third-order valence-corrected chi connectivity index (χ3v) is 5.76. The van der Waals surface area contributed by atoms with Gasteiger partial charge in [0, 0.05) is 28.5 Å². The first-order valence-corrected chi connectivity index (χ1v) is 8.46. The van der Waals surface area contributed by atoms with Crippen molar-refractivity contribution in [1.82, 2.24) is 0 Å². The number of ether oxygens (including phenoxy) is 1. The minimum Gasteiger partial charge on any atom is -0.489 e. The number of benzene rings is 1. The molecule has 0 bridgehead atoms. The topological polar surface area (TPSA) is 63.6 Å². The van der Waals surface area contributed by atoms with E-state index in [9.17, 15) is 13.4 Å². The highest BCUT2D eigenvalue weighted by Gasteiger charge is 2.46. The molecule has 0 aromatic heterocycles. The second-order valence-corrected chi connectivity index (χ2v) is 7.52. The zero-order valence-electron chi connectivity index (χ0n) is 11.5. The molecule has 1 heterocycles. The summed E-state index contributed by atoms with van der Waals surface area (Å²) in [6, 6.07) is 4.40. The smallest absolute Gasteiger partial charge is 0.303 e. The van der Waals surface area contributed by atoms with Gasteiger partial charge in [-0.05, 0) is 36.5 Å². The first-order valence-electron chi connectivity index (χ1n) is 6.98. The van der Waals surface area contributed by atoms with Gasteiger partial charge in [-0.1, -0.05) is 0 Å². The maximum Gasteiger partial charge on any atom is 0.303 e. The SMILES string of the molecule is O=C(O)CC1(CS(=O)CC2Cc3cc(F)ccc3O2)CC1. The lowest BCUT2D eigenvalue weighted by Gasteiger charge is -2.14. The highest BCUT2D eigenvalue weighted by molar-refractivity contribution is 7.85. The van der Waals surface area contributed by atoms with E-state index in [0.717, 1.165) is 18.4 Å². The Hall–Kier alpha value is -1.43. The molecular formula is C15H17FO4S. The van der Waals surface area contributed by atoms with Crippen molar-refractivity contribution in [2.45, 2.75) is 31.8 Å². The standard InChI is InChI=1S/C15H17FO4S/c16-11-1-2-13-10(5-11)6-12(20-13)8-21(19)9-15(3-4-15)7-14(17)18/h1-2,5,12H,3-4,6-9H2,(H,17,18). The lowest BCUT2D eigenvalue weighted by molar-refractivity contribution is -0.138. The van der Waals surface area contributed by atoms with Gasteiger partial charge < -0.3 is 9.84 Å². The van der Waals surface area contributed by atoms with Crippen LogP contribution in [0.3, 0.4) is 0 Å². The molecule has 4 nitrogen and oxygen atoms in total. The van der Waals surface area contributed by atoms with E-state index in [2.05, 4.69) is 0 Å². The van der Waals surface area contributed by atoms with Gasteiger partial charge in [0.15, 0.2) is 0 Å². The summed E-state index contributed by atoms with van der Waals surface area (Å²) in [7, 11) is -1.11. The van der Waals surface area contributed by atoms with Crippen LogP contribution in [0.4, 0.5) is 4.39 Å². The van der Waals surface area contributed by atoms with Crippen molar-refractivity contribution in [2.75, 3.05) is 11.5 Å². The molecule has 0 saturated heterocycles. The molecule has 0 amide bonds. The number of rotatable bonds is 6. The third-order valence-electron chi connectivity index (χ3n) is 4.09. The van der Waals surface area contributed by atoms with Crippen molar-refractivity contribution in [1.29, 1.82) is 0 Å². The molecule has 1 aromatic rings. The fourth-order valence-electron chi connectivity index (χ4n) is 2.86. The predicted octanol–water partition coefficient (Wildman–Crippen LogP) is 2.13. The number of halogens is 1. The van der Waals surface area contributed by atoms with Crippen LogP contribution in [0.1, 0.15) is 24.8 Å². The number of fused-ring (bicyclic) bond motifs is 1. The van der Waals surface area contributed by atoms with Crippen LogP contribution in [-0.4, -0.2) is 32.9 Å². The summed E-state index contributed by atoms with van der Waals surface area (Å²) in [5.74, 6) is 0.328. The monoisotopic (exact) mass is 312 g/mol. The van der Waals surface area contributed by atoms with Crippen LogP contribution in [0.2, 0.25) is 0 Å². The molecule has 6 heteroatoms. The maximum atomic E-state index is 13.1. The Morgan fingerprint density at radius 3 is 2.90 bits per heavy atom. The largest absolute Gasteiger partial charge is 0.489 e. The lowest BCUT2D eigenvalue weighted by Crippen LogP contribution is -2.26. The van der Waals surface area contributed by atoms with Crippen molar-refractivity contribution in [2.24, 2.45) is 5.41 Å². The van der Waals surface area contributed by atoms with E-state index in [0.29, 0.717) is 23.7 Å². The number of carboxylic acids is 1. The van der Waals surface area contributed by atoms with Crippen molar-refractivity contribution < 1.29 is 23.2 Å². The second-order valence-electron chi connectivity index (χ2n) is 6.02. The van der Waals surface area contributed by atoms with Crippen LogP contribution >= 0.6 is 0 Å². The Morgan fingerprint density at radius 2 is 2.24 bits per heavy atom. The minimum atomic E-state index is -1.11. The number of hydrogen-bond donors (Lipinski definition) is 1. The minimum absolute atomic E-state index is 0.0930. The van der Waals surface area contributed by atoms with Gasteiger partial charge in [0.25, 0.3) is 0 Å². The van der Waals surface area contributed by atoms with E-state index >= 15 is 0 Å². The van der Waals surface area contributed by atoms with E-state index in [1.54, 1.807) is 6.07 Å². The molecule has 1 fully saturated rings. The molecule has 1 saturated carbocycles. The Labute approximate surface area is 124 Å². The van der Waals surface area contributed by atoms with E-state index in [-0.39, 0.29) is 23.8 Å². The molecule has 2 atom stereocenters. The molecule has 2 aliphatic rings. The normalized spacial score (nSPS) is 23.2. The third kappa shape index (κ3) is 3.43. The van der Waals surface area contributed by atoms with Crippen LogP contribution in [0.25, 0.3) is 0 Å². The summed E-state index contributed by atoms with van der Waals surface area (Å²) in [5.41, 5.74) is 0.539. The average Bonchev–Trinajstić information content (AvgIpc) is 2.98. The molecule has 1 aliphatic carbocycles. The fraction of sp³-hybridized carbons (Fsp3) is 0.533. The highest BCUT2D eigenvalue weighted by atomic mass is 32.2. The van der Waals surface area contributed by atoms with Gasteiger partial charge >= 0.3 is 5.97 Å². The Kier molecular flexibility index (Phi) is 3.73. The van der Waals surface area contributed by atoms with E-state index in [1.165, 1.54) is 12.1 Å². The molecule has 114 valence electrons. The van der Waals surface area contributed by atoms with Crippen LogP contribution < -0.4 is 4.74 Å². The van der Waals surface area contributed by atoms with Crippen LogP contribution in [0.15, 0.2) is 18.2 Å². The summed E-state index contributed by atoms with van der Waals surface area (Å²) in [6.45, 7) is 0. The van der Waals surface area contributed by atoms with Crippen LogP contribution in [-0.2, 0) is 22.0 Å². The van der Waals surface area contributed by atoms with Gasteiger partial charge in [0.2, 0.25) is 0 Å². The van der Waals surface area contributed by atoms with Crippen molar-refractivity contribution >= 4 is 16.8 Å². The lowest BCUT2D eigenvalue weighted by atomic mass is 10.1. The fourth-order valence-corrected chi connectivity index (χ4v) is 4.65. The Morgan fingerprint density at radius 1 is 1.48 bits per heavy atom. The maximum absolute atomic E-state index is 13.1. The van der Waals surface area contributed by atoms with Gasteiger partial charge in [-0.3, -0.25) is 9.00 Å².